The molecule has 2 heteroatoms. The lowest BCUT2D eigenvalue weighted by Gasteiger charge is -1.87. The van der Waals surface area contributed by atoms with Gasteiger partial charge < -0.3 is 4.42 Å². The molecule has 0 aliphatic heterocycles. The summed E-state index contributed by atoms with van der Waals surface area (Å²) in [5, 5.41) is 0. The van der Waals surface area contributed by atoms with Gasteiger partial charge in [-0.3, -0.25) is 0 Å². The Balaban J connectivity index is 2.41. The first-order valence-corrected chi connectivity index (χ1v) is 5.02. The molecule has 0 atom stereocenters. The SMILES string of the molecule is CC(/C=C/Cc1ccoc1)=C\I. The van der Waals surface area contributed by atoms with Crippen molar-refractivity contribution in [1.82, 2.24) is 0 Å². The van der Waals surface area contributed by atoms with E-state index in [0.29, 0.717) is 0 Å². The van der Waals surface area contributed by atoms with Crippen LogP contribution in [0.15, 0.2) is 44.8 Å². The molecule has 12 heavy (non-hydrogen) atoms. The molecule has 0 N–H and O–H groups in total. The molecule has 1 aromatic heterocycles. The van der Waals surface area contributed by atoms with E-state index in [1.165, 1.54) is 11.1 Å². The van der Waals surface area contributed by atoms with E-state index >= 15 is 0 Å². The van der Waals surface area contributed by atoms with Gasteiger partial charge in [-0.05, 0) is 34.6 Å². The smallest absolute Gasteiger partial charge is 0.0937 e. The molecule has 1 nitrogen and oxygen atoms in total. The molecule has 64 valence electrons. The Morgan fingerprint density at radius 1 is 1.67 bits per heavy atom. The predicted octanol–water partition coefficient (Wildman–Crippen LogP) is 3.72. The molecule has 0 saturated carbocycles. The topological polar surface area (TPSA) is 13.1 Å². The molecular weight excluding hydrogens is 263 g/mol. The van der Waals surface area contributed by atoms with Gasteiger partial charge in [-0.2, -0.15) is 0 Å². The zero-order valence-corrected chi connectivity index (χ0v) is 9.11. The Labute approximate surface area is 86.3 Å². The van der Waals surface area contributed by atoms with Crippen molar-refractivity contribution in [2.45, 2.75) is 13.3 Å². The highest BCUT2D eigenvalue weighted by Crippen LogP contribution is 2.04. The van der Waals surface area contributed by atoms with E-state index in [2.05, 4.69) is 45.7 Å². The van der Waals surface area contributed by atoms with Gasteiger partial charge in [0.05, 0.1) is 12.5 Å². The largest absolute Gasteiger partial charge is 0.472 e. The van der Waals surface area contributed by atoms with Crippen LogP contribution in [0.5, 0.6) is 0 Å². The lowest BCUT2D eigenvalue weighted by Crippen LogP contribution is -1.73. The monoisotopic (exact) mass is 274 g/mol. The molecule has 1 heterocycles. The van der Waals surface area contributed by atoms with Crippen molar-refractivity contribution in [2.24, 2.45) is 0 Å². The van der Waals surface area contributed by atoms with Crippen LogP contribution in [0.3, 0.4) is 0 Å². The van der Waals surface area contributed by atoms with E-state index < -0.39 is 0 Å². The minimum absolute atomic E-state index is 0.943. The van der Waals surface area contributed by atoms with Crippen LogP contribution in [0.1, 0.15) is 12.5 Å². The summed E-state index contributed by atoms with van der Waals surface area (Å²) in [6.45, 7) is 2.08. The van der Waals surface area contributed by atoms with Crippen LogP contribution in [0, 0.1) is 0 Å². The van der Waals surface area contributed by atoms with Gasteiger partial charge in [-0.1, -0.05) is 34.7 Å². The Bertz CT molecular complexity index is 270. The fourth-order valence-electron chi connectivity index (χ4n) is 0.826. The van der Waals surface area contributed by atoms with Crippen molar-refractivity contribution in [3.05, 3.63) is 46.0 Å². The van der Waals surface area contributed by atoms with Gasteiger partial charge >= 0.3 is 0 Å². The van der Waals surface area contributed by atoms with Crippen molar-refractivity contribution in [3.63, 3.8) is 0 Å². The maximum absolute atomic E-state index is 4.95. The minimum Gasteiger partial charge on any atom is -0.472 e. The summed E-state index contributed by atoms with van der Waals surface area (Å²) in [5.41, 5.74) is 2.49. The van der Waals surface area contributed by atoms with Gasteiger partial charge in [-0.25, -0.2) is 0 Å². The van der Waals surface area contributed by atoms with E-state index in [4.69, 9.17) is 4.42 Å². The summed E-state index contributed by atoms with van der Waals surface area (Å²) in [6.07, 6.45) is 8.66. The molecule has 0 unspecified atom stereocenters. The summed E-state index contributed by atoms with van der Waals surface area (Å²) in [7, 11) is 0. The maximum Gasteiger partial charge on any atom is 0.0937 e. The minimum atomic E-state index is 0.943. The number of hydrogen-bond acceptors (Lipinski definition) is 1. The van der Waals surface area contributed by atoms with Gasteiger partial charge in [0.1, 0.15) is 0 Å². The zero-order chi connectivity index (χ0) is 8.81. The Morgan fingerprint density at radius 2 is 2.50 bits per heavy atom. The number of furan rings is 1. The van der Waals surface area contributed by atoms with Gasteiger partial charge in [0, 0.05) is 0 Å². The summed E-state index contributed by atoms with van der Waals surface area (Å²) in [6, 6.07) is 1.98. The van der Waals surface area contributed by atoms with Crippen LogP contribution in [0.25, 0.3) is 0 Å². The number of allylic oxidation sites excluding steroid dienone is 3. The van der Waals surface area contributed by atoms with E-state index in [1.807, 2.05) is 6.07 Å². The van der Waals surface area contributed by atoms with E-state index in [0.717, 1.165) is 6.42 Å². The third-order valence-corrected chi connectivity index (χ3v) is 2.47. The highest BCUT2D eigenvalue weighted by molar-refractivity contribution is 14.1. The van der Waals surface area contributed by atoms with Gasteiger partial charge in [0.15, 0.2) is 0 Å². The molecular formula is C10H11IO. The molecule has 0 aromatic carbocycles. The lowest BCUT2D eigenvalue weighted by atomic mass is 10.2. The molecule has 1 rings (SSSR count). The second-order valence-corrected chi connectivity index (χ2v) is 3.21. The summed E-state index contributed by atoms with van der Waals surface area (Å²) < 4.78 is 7.01. The van der Waals surface area contributed by atoms with Crippen LogP contribution in [-0.2, 0) is 6.42 Å². The molecule has 1 aromatic rings. The molecule has 0 saturated heterocycles. The fraction of sp³-hybridized carbons (Fsp3) is 0.200. The number of halogens is 1. The first-order chi connectivity index (χ1) is 5.83. The second kappa shape index (κ2) is 5.19. The van der Waals surface area contributed by atoms with Crippen molar-refractivity contribution in [3.8, 4) is 0 Å². The molecule has 0 bridgehead atoms. The maximum atomic E-state index is 4.95. The molecule has 0 aliphatic rings. The third kappa shape index (κ3) is 3.26. The summed E-state index contributed by atoms with van der Waals surface area (Å²) in [4.78, 5) is 0. The van der Waals surface area contributed by atoms with Crippen molar-refractivity contribution < 1.29 is 4.42 Å². The van der Waals surface area contributed by atoms with Crippen LogP contribution < -0.4 is 0 Å². The first-order valence-electron chi connectivity index (χ1n) is 3.77. The molecule has 0 aliphatic carbocycles. The lowest BCUT2D eigenvalue weighted by molar-refractivity contribution is 0.565. The average Bonchev–Trinajstić information content (AvgIpc) is 2.57. The van der Waals surface area contributed by atoms with Crippen molar-refractivity contribution >= 4 is 22.6 Å². The average molecular weight is 274 g/mol. The third-order valence-electron chi connectivity index (χ3n) is 1.49. The summed E-state index contributed by atoms with van der Waals surface area (Å²) >= 11 is 2.23. The second-order valence-electron chi connectivity index (χ2n) is 2.59. The highest BCUT2D eigenvalue weighted by atomic mass is 127. The van der Waals surface area contributed by atoms with E-state index in [9.17, 15) is 0 Å². The van der Waals surface area contributed by atoms with Gasteiger partial charge in [0.2, 0.25) is 0 Å². The van der Waals surface area contributed by atoms with Crippen LogP contribution in [0.4, 0.5) is 0 Å². The number of rotatable bonds is 3. The standard InChI is InChI=1S/C10H11IO/c1-9(7-11)3-2-4-10-5-6-12-8-10/h2-3,5-8H,4H2,1H3/b3-2+,9-7+. The van der Waals surface area contributed by atoms with Crippen LogP contribution in [0.2, 0.25) is 0 Å². The van der Waals surface area contributed by atoms with Crippen molar-refractivity contribution in [2.75, 3.05) is 0 Å². The molecule has 0 spiro atoms. The number of hydrogen-bond donors (Lipinski definition) is 0. The summed E-state index contributed by atoms with van der Waals surface area (Å²) in [5.74, 6) is 0. The Morgan fingerprint density at radius 3 is 3.08 bits per heavy atom. The first kappa shape index (κ1) is 9.58. The van der Waals surface area contributed by atoms with E-state index in [1.54, 1.807) is 12.5 Å². The normalized spacial score (nSPS) is 12.7. The van der Waals surface area contributed by atoms with Crippen LogP contribution in [-0.4, -0.2) is 0 Å². The van der Waals surface area contributed by atoms with Gasteiger partial charge in [-0.15, -0.1) is 0 Å². The molecule has 0 fully saturated rings. The predicted molar refractivity (Wildman–Crippen MR) is 59.3 cm³/mol. The Hall–Kier alpha value is -0.510. The van der Waals surface area contributed by atoms with Crippen LogP contribution >= 0.6 is 22.6 Å². The van der Waals surface area contributed by atoms with Gasteiger partial charge in [0.25, 0.3) is 0 Å². The van der Waals surface area contributed by atoms with Crippen molar-refractivity contribution in [1.29, 1.82) is 0 Å². The molecule has 0 radical (unpaired) electrons. The molecule has 0 amide bonds. The highest BCUT2D eigenvalue weighted by Gasteiger charge is 1.88. The Kier molecular flexibility index (Phi) is 4.14. The fourth-order valence-corrected chi connectivity index (χ4v) is 1.03. The quantitative estimate of drug-likeness (QED) is 0.604. The zero-order valence-electron chi connectivity index (χ0n) is 6.96. The van der Waals surface area contributed by atoms with E-state index in [-0.39, 0.29) is 0 Å².